The van der Waals surface area contributed by atoms with Crippen LogP contribution in [0.1, 0.15) is 68.5 Å². The van der Waals surface area contributed by atoms with Crippen molar-refractivity contribution < 1.29 is 24.2 Å². The molecule has 0 radical (unpaired) electrons. The van der Waals surface area contributed by atoms with Crippen LogP contribution in [-0.4, -0.2) is 48.0 Å². The van der Waals surface area contributed by atoms with E-state index in [1.54, 1.807) is 0 Å². The van der Waals surface area contributed by atoms with E-state index in [0.29, 0.717) is 12.1 Å². The van der Waals surface area contributed by atoms with E-state index >= 15 is 0 Å². The van der Waals surface area contributed by atoms with Gasteiger partial charge in [0, 0.05) is 23.2 Å². The highest BCUT2D eigenvalue weighted by atomic mass is 16.6. The zero-order valence-corrected chi connectivity index (χ0v) is 20.6. The van der Waals surface area contributed by atoms with Crippen molar-refractivity contribution >= 4 is 17.6 Å². The van der Waals surface area contributed by atoms with Gasteiger partial charge in [0.05, 0.1) is 25.2 Å². The van der Waals surface area contributed by atoms with Gasteiger partial charge in [0.25, 0.3) is 0 Å². The summed E-state index contributed by atoms with van der Waals surface area (Å²) >= 11 is 0. The monoisotopic (exact) mass is 493 g/mol. The van der Waals surface area contributed by atoms with Crippen LogP contribution < -0.4 is 20.7 Å². The van der Waals surface area contributed by atoms with Gasteiger partial charge in [0.1, 0.15) is 18.0 Å². The Morgan fingerprint density at radius 2 is 1.89 bits per heavy atom. The summed E-state index contributed by atoms with van der Waals surface area (Å²) in [6.07, 6.45) is 3.97. The molecule has 8 nitrogen and oxygen atoms in total. The first-order chi connectivity index (χ1) is 17.5. The van der Waals surface area contributed by atoms with E-state index in [-0.39, 0.29) is 55.2 Å². The summed E-state index contributed by atoms with van der Waals surface area (Å²) in [5.74, 6) is 0.608. The molecule has 2 aliphatic heterocycles. The molecule has 0 bridgehead atoms. The minimum atomic E-state index is -0.525. The molecule has 3 amide bonds. The molecule has 4 N–H and O–H groups in total. The second-order valence-electron chi connectivity index (χ2n) is 10.1. The van der Waals surface area contributed by atoms with Gasteiger partial charge < -0.3 is 30.5 Å². The molecule has 36 heavy (non-hydrogen) atoms. The highest BCUT2D eigenvalue weighted by molar-refractivity contribution is 5.89. The van der Waals surface area contributed by atoms with Crippen LogP contribution in [0.2, 0.25) is 0 Å². The summed E-state index contributed by atoms with van der Waals surface area (Å²) in [5.41, 5.74) is 2.72. The Bertz CT molecular complexity index is 1070. The van der Waals surface area contributed by atoms with Gasteiger partial charge in [-0.3, -0.25) is 4.79 Å². The number of benzene rings is 2. The molecule has 5 atom stereocenters. The van der Waals surface area contributed by atoms with Gasteiger partial charge in [-0.25, -0.2) is 4.79 Å². The number of rotatable bonds is 7. The topological polar surface area (TPSA) is 109 Å². The van der Waals surface area contributed by atoms with Crippen molar-refractivity contribution in [2.75, 3.05) is 11.9 Å². The first-order valence-electron chi connectivity index (χ1n) is 13.0. The van der Waals surface area contributed by atoms with Crippen molar-refractivity contribution in [3.05, 3.63) is 59.7 Å². The van der Waals surface area contributed by atoms with Gasteiger partial charge in [0.15, 0.2) is 0 Å². The number of carbonyl (C=O) groups is 2. The van der Waals surface area contributed by atoms with Gasteiger partial charge in [-0.2, -0.15) is 0 Å². The Kier molecular flexibility index (Phi) is 7.43. The number of ether oxygens (including phenoxy) is 2. The third kappa shape index (κ3) is 5.50. The van der Waals surface area contributed by atoms with Crippen LogP contribution in [0, 0.1) is 0 Å². The van der Waals surface area contributed by atoms with Crippen molar-refractivity contribution in [2.45, 2.75) is 81.8 Å². The Morgan fingerprint density at radius 3 is 2.64 bits per heavy atom. The summed E-state index contributed by atoms with van der Waals surface area (Å²) in [6.45, 7) is 1.77. The van der Waals surface area contributed by atoms with Crippen LogP contribution in [0.25, 0.3) is 0 Å². The number of carbonyl (C=O) groups excluding carboxylic acids is 2. The van der Waals surface area contributed by atoms with Gasteiger partial charge >= 0.3 is 6.03 Å². The molecule has 3 aliphatic rings. The van der Waals surface area contributed by atoms with Crippen molar-refractivity contribution in [1.29, 1.82) is 0 Å². The van der Waals surface area contributed by atoms with E-state index in [1.807, 2.05) is 55.5 Å². The zero-order valence-electron chi connectivity index (χ0n) is 20.6. The van der Waals surface area contributed by atoms with Crippen molar-refractivity contribution in [3.8, 4) is 5.75 Å². The van der Waals surface area contributed by atoms with Crippen molar-refractivity contribution in [2.24, 2.45) is 0 Å². The maximum absolute atomic E-state index is 12.8. The molecule has 0 aromatic heterocycles. The number of anilines is 1. The smallest absolute Gasteiger partial charge is 0.319 e. The number of urea groups is 1. The summed E-state index contributed by atoms with van der Waals surface area (Å²) in [5, 5.41) is 19.0. The Labute approximate surface area is 211 Å². The van der Waals surface area contributed by atoms with Crippen LogP contribution in [0.15, 0.2) is 48.5 Å². The fraction of sp³-hybridized carbons (Fsp3) is 0.500. The Hall–Kier alpha value is -3.10. The molecule has 192 valence electrons. The van der Waals surface area contributed by atoms with Crippen LogP contribution in [0.4, 0.5) is 10.5 Å². The number of nitrogens with one attached hydrogen (secondary N) is 3. The van der Waals surface area contributed by atoms with Gasteiger partial charge in [-0.1, -0.05) is 43.2 Å². The molecule has 2 fully saturated rings. The normalized spacial score (nSPS) is 25.8. The SMILES string of the molecule is C[C@H](NC(=O)C[C@@H]1C[C@@H]2c3cc(NC(=O)NC4CCCC4)ccc3O[C@@H]2[C@@H](CO)O1)c1ccccc1. The third-order valence-electron chi connectivity index (χ3n) is 7.54. The lowest BCUT2D eigenvalue weighted by atomic mass is 9.84. The lowest BCUT2D eigenvalue weighted by Gasteiger charge is -2.37. The van der Waals surface area contributed by atoms with Gasteiger partial charge in [-0.05, 0) is 49.9 Å². The summed E-state index contributed by atoms with van der Waals surface area (Å²) in [6, 6.07) is 15.4. The van der Waals surface area contributed by atoms with Crippen LogP contribution >= 0.6 is 0 Å². The van der Waals surface area contributed by atoms with Crippen LogP contribution in [0.3, 0.4) is 0 Å². The van der Waals surface area contributed by atoms with Crippen LogP contribution in [-0.2, 0) is 9.53 Å². The minimum Gasteiger partial charge on any atom is -0.487 e. The van der Waals surface area contributed by atoms with E-state index in [2.05, 4.69) is 16.0 Å². The van der Waals surface area contributed by atoms with Crippen molar-refractivity contribution in [3.63, 3.8) is 0 Å². The molecule has 2 aromatic rings. The highest BCUT2D eigenvalue weighted by Gasteiger charge is 2.46. The van der Waals surface area contributed by atoms with E-state index in [1.165, 1.54) is 0 Å². The molecule has 2 aromatic carbocycles. The van der Waals surface area contributed by atoms with Gasteiger partial charge in [-0.15, -0.1) is 0 Å². The number of hydrogen-bond acceptors (Lipinski definition) is 5. The second-order valence-corrected chi connectivity index (χ2v) is 10.1. The van der Waals surface area contributed by atoms with Gasteiger partial charge in [0.2, 0.25) is 5.91 Å². The number of fused-ring (bicyclic) bond motifs is 3. The summed E-state index contributed by atoms with van der Waals surface area (Å²) in [7, 11) is 0. The lowest BCUT2D eigenvalue weighted by Crippen LogP contribution is -2.47. The third-order valence-corrected chi connectivity index (χ3v) is 7.54. The van der Waals surface area contributed by atoms with E-state index in [4.69, 9.17) is 9.47 Å². The predicted molar refractivity (Wildman–Crippen MR) is 136 cm³/mol. The fourth-order valence-corrected chi connectivity index (χ4v) is 5.72. The number of aliphatic hydroxyl groups excluding tert-OH is 1. The Morgan fingerprint density at radius 1 is 1.11 bits per heavy atom. The predicted octanol–water partition coefficient (Wildman–Crippen LogP) is 4.01. The average Bonchev–Trinajstić information content (AvgIpc) is 3.51. The first kappa shape index (κ1) is 24.6. The maximum atomic E-state index is 12.8. The number of amides is 3. The summed E-state index contributed by atoms with van der Waals surface area (Å²) < 4.78 is 12.2. The van der Waals surface area contributed by atoms with E-state index in [0.717, 1.165) is 42.6 Å². The minimum absolute atomic E-state index is 0.0325. The molecule has 1 saturated heterocycles. The fourth-order valence-electron chi connectivity index (χ4n) is 5.72. The molecule has 5 rings (SSSR count). The average molecular weight is 494 g/mol. The molecule has 1 saturated carbocycles. The highest BCUT2D eigenvalue weighted by Crippen LogP contribution is 2.47. The van der Waals surface area contributed by atoms with Crippen molar-refractivity contribution in [1.82, 2.24) is 10.6 Å². The second kappa shape index (κ2) is 10.9. The number of hydrogen-bond donors (Lipinski definition) is 4. The van der Waals surface area contributed by atoms with E-state index < -0.39 is 6.10 Å². The number of aliphatic hydroxyl groups is 1. The van der Waals surface area contributed by atoms with Crippen LogP contribution in [0.5, 0.6) is 5.75 Å². The molecule has 0 unspecified atom stereocenters. The first-order valence-corrected chi connectivity index (χ1v) is 13.0. The molecule has 0 spiro atoms. The van der Waals surface area contributed by atoms with E-state index in [9.17, 15) is 14.7 Å². The quantitative estimate of drug-likeness (QED) is 0.466. The summed E-state index contributed by atoms with van der Waals surface area (Å²) in [4.78, 5) is 25.3. The standard InChI is InChI=1S/C28H35N3O5/c1-17(18-7-3-2-4-8-18)29-26(33)15-21-14-23-22-13-20(31-28(34)30-19-9-5-6-10-19)11-12-24(22)36-27(23)25(16-32)35-21/h2-4,7-8,11-13,17,19,21,23,25,27,32H,5-6,9-10,14-16H2,1H3,(H,29,33)(H2,30,31,34)/t17-,21-,23+,25+,27-/m0/s1. The lowest BCUT2D eigenvalue weighted by molar-refractivity contribution is -0.142. The molecule has 8 heteroatoms. The molecular weight excluding hydrogens is 458 g/mol. The molecule has 1 aliphatic carbocycles. The zero-order chi connectivity index (χ0) is 25.1. The molecular formula is C28H35N3O5. The largest absolute Gasteiger partial charge is 0.487 e. The Balaban J connectivity index is 1.23. The molecule has 2 heterocycles. The maximum Gasteiger partial charge on any atom is 0.319 e.